The number of anilines is 1. The van der Waals surface area contributed by atoms with Gasteiger partial charge in [0, 0.05) is 13.2 Å². The lowest BCUT2D eigenvalue weighted by atomic mass is 10.2. The van der Waals surface area contributed by atoms with Gasteiger partial charge in [0.1, 0.15) is 11.9 Å². The Balaban J connectivity index is 2.03. The van der Waals surface area contributed by atoms with Gasteiger partial charge < -0.3 is 10.1 Å². The zero-order valence-corrected chi connectivity index (χ0v) is 11.3. The van der Waals surface area contributed by atoms with E-state index in [0.717, 1.165) is 4.90 Å². The summed E-state index contributed by atoms with van der Waals surface area (Å²) in [5.74, 6) is -0.528. The van der Waals surface area contributed by atoms with Crippen molar-refractivity contribution in [3.05, 3.63) is 23.9 Å². The highest BCUT2D eigenvalue weighted by molar-refractivity contribution is 6.06. The van der Waals surface area contributed by atoms with E-state index in [1.165, 1.54) is 13.2 Å². The number of hydrogen-bond donors (Lipinski definition) is 1. The number of nitrogens with zero attached hydrogens (tertiary/aromatic N) is 2. The summed E-state index contributed by atoms with van der Waals surface area (Å²) in [6.45, 7) is 2.02. The minimum absolute atomic E-state index is 0.108. The van der Waals surface area contributed by atoms with Crippen molar-refractivity contribution >= 4 is 23.6 Å². The smallest absolute Gasteiger partial charge is 0.339 e. The van der Waals surface area contributed by atoms with Crippen LogP contribution in [-0.4, -0.2) is 47.4 Å². The van der Waals surface area contributed by atoms with Gasteiger partial charge in [0.2, 0.25) is 5.91 Å². The second-order valence-corrected chi connectivity index (χ2v) is 4.34. The number of nitrogens with one attached hydrogen (secondary N) is 1. The van der Waals surface area contributed by atoms with Gasteiger partial charge in [-0.3, -0.25) is 14.5 Å². The molecule has 0 bridgehead atoms. The molecule has 1 aliphatic rings. The topological polar surface area (TPSA) is 88.6 Å². The molecular formula is C13H15N3O4. The van der Waals surface area contributed by atoms with Crippen LogP contribution in [0.2, 0.25) is 0 Å². The van der Waals surface area contributed by atoms with Crippen molar-refractivity contribution in [2.75, 3.05) is 19.0 Å². The molecule has 0 spiro atoms. The quantitative estimate of drug-likeness (QED) is 0.634. The number of amides is 2. The molecule has 0 radical (unpaired) electrons. The number of carbonyl (C=O) groups is 3. The molecule has 0 aromatic carbocycles. The molecule has 1 saturated heterocycles. The van der Waals surface area contributed by atoms with E-state index in [4.69, 9.17) is 4.74 Å². The predicted molar refractivity (Wildman–Crippen MR) is 70.0 cm³/mol. The molecule has 1 unspecified atom stereocenters. The summed E-state index contributed by atoms with van der Waals surface area (Å²) in [4.78, 5) is 39.7. The van der Waals surface area contributed by atoms with Crippen LogP contribution in [0, 0.1) is 0 Å². The molecule has 1 aliphatic heterocycles. The first-order valence-electron chi connectivity index (χ1n) is 6.23. The standard InChI is InChI=1S/C13H15N3O4/c1-3-20-13(19)8-4-5-10(14-7-8)15-9-6-11(17)16(2)12(9)18/h4-5,7,9H,3,6H2,1-2H3,(H,14,15). The number of esters is 1. The molecule has 1 aromatic heterocycles. The van der Waals surface area contributed by atoms with Crippen LogP contribution in [0.25, 0.3) is 0 Å². The molecule has 7 heteroatoms. The zero-order valence-electron chi connectivity index (χ0n) is 11.3. The van der Waals surface area contributed by atoms with Gasteiger partial charge in [0.25, 0.3) is 5.91 Å². The van der Waals surface area contributed by atoms with E-state index in [-0.39, 0.29) is 18.2 Å². The average molecular weight is 277 g/mol. The van der Waals surface area contributed by atoms with Crippen LogP contribution >= 0.6 is 0 Å². The molecule has 1 N–H and O–H groups in total. The van der Waals surface area contributed by atoms with Crippen molar-refractivity contribution in [1.82, 2.24) is 9.88 Å². The Bertz CT molecular complexity index is 541. The minimum Gasteiger partial charge on any atom is -0.462 e. The number of imide groups is 1. The molecule has 1 fully saturated rings. The van der Waals surface area contributed by atoms with Crippen molar-refractivity contribution in [2.45, 2.75) is 19.4 Å². The highest BCUT2D eigenvalue weighted by Gasteiger charge is 2.36. The highest BCUT2D eigenvalue weighted by atomic mass is 16.5. The number of hydrogen-bond acceptors (Lipinski definition) is 6. The summed E-state index contributed by atoms with van der Waals surface area (Å²) in [6.07, 6.45) is 1.47. The fraction of sp³-hybridized carbons (Fsp3) is 0.385. The van der Waals surface area contributed by atoms with Gasteiger partial charge in [-0.15, -0.1) is 0 Å². The van der Waals surface area contributed by atoms with Crippen molar-refractivity contribution in [3.8, 4) is 0 Å². The van der Waals surface area contributed by atoms with Crippen LogP contribution in [0.4, 0.5) is 5.82 Å². The highest BCUT2D eigenvalue weighted by Crippen LogP contribution is 2.16. The van der Waals surface area contributed by atoms with Crippen molar-refractivity contribution < 1.29 is 19.1 Å². The molecule has 2 heterocycles. The summed E-state index contributed by atoms with van der Waals surface area (Å²) in [5, 5.41) is 2.87. The van der Waals surface area contributed by atoms with Crippen molar-refractivity contribution in [1.29, 1.82) is 0 Å². The molecule has 20 heavy (non-hydrogen) atoms. The van der Waals surface area contributed by atoms with Crippen LogP contribution in [0.3, 0.4) is 0 Å². The van der Waals surface area contributed by atoms with Gasteiger partial charge in [-0.05, 0) is 19.1 Å². The summed E-state index contributed by atoms with van der Waals surface area (Å²) in [5.41, 5.74) is 0.336. The molecule has 0 saturated carbocycles. The second kappa shape index (κ2) is 5.68. The first-order chi connectivity index (χ1) is 9.52. The summed E-state index contributed by atoms with van der Waals surface area (Å²) in [7, 11) is 1.45. The van der Waals surface area contributed by atoms with Gasteiger partial charge in [0.05, 0.1) is 18.6 Å². The number of likely N-dealkylation sites (N-methyl/N-ethyl adjacent to an activating group) is 1. The average Bonchev–Trinajstić information content (AvgIpc) is 2.67. The van der Waals surface area contributed by atoms with Gasteiger partial charge in [-0.25, -0.2) is 9.78 Å². The fourth-order valence-corrected chi connectivity index (χ4v) is 1.86. The van der Waals surface area contributed by atoms with Crippen LogP contribution in [-0.2, 0) is 14.3 Å². The minimum atomic E-state index is -0.603. The third-order valence-corrected chi connectivity index (χ3v) is 2.98. The number of ether oxygens (including phenoxy) is 1. The molecular weight excluding hydrogens is 262 g/mol. The SMILES string of the molecule is CCOC(=O)c1ccc(NC2CC(=O)N(C)C2=O)nc1. The fourth-order valence-electron chi connectivity index (χ4n) is 1.86. The lowest BCUT2D eigenvalue weighted by Crippen LogP contribution is -2.32. The van der Waals surface area contributed by atoms with Crippen LogP contribution in [0.5, 0.6) is 0 Å². The van der Waals surface area contributed by atoms with E-state index < -0.39 is 12.0 Å². The van der Waals surface area contributed by atoms with Gasteiger partial charge in [0.15, 0.2) is 0 Å². The first kappa shape index (κ1) is 14.0. The third kappa shape index (κ3) is 2.76. The van der Waals surface area contributed by atoms with Crippen LogP contribution in [0.15, 0.2) is 18.3 Å². The summed E-state index contributed by atoms with van der Waals surface area (Å²) >= 11 is 0. The van der Waals surface area contributed by atoms with E-state index in [0.29, 0.717) is 18.0 Å². The number of carbonyl (C=O) groups excluding carboxylic acids is 3. The predicted octanol–water partition coefficient (Wildman–Crippen LogP) is 0.427. The van der Waals surface area contributed by atoms with Crippen LogP contribution in [0.1, 0.15) is 23.7 Å². The Morgan fingerprint density at radius 3 is 2.75 bits per heavy atom. The Morgan fingerprint density at radius 1 is 1.50 bits per heavy atom. The largest absolute Gasteiger partial charge is 0.462 e. The van der Waals surface area contributed by atoms with E-state index >= 15 is 0 Å². The molecule has 0 aliphatic carbocycles. The normalized spacial score (nSPS) is 18.3. The molecule has 1 aromatic rings. The maximum atomic E-state index is 11.7. The number of pyridine rings is 1. The molecule has 106 valence electrons. The third-order valence-electron chi connectivity index (χ3n) is 2.98. The first-order valence-corrected chi connectivity index (χ1v) is 6.23. The maximum absolute atomic E-state index is 11.7. The zero-order chi connectivity index (χ0) is 14.7. The van der Waals surface area contributed by atoms with Gasteiger partial charge in [-0.1, -0.05) is 0 Å². The van der Waals surface area contributed by atoms with E-state index in [2.05, 4.69) is 10.3 Å². The number of likely N-dealkylation sites (tertiary alicyclic amines) is 1. The Kier molecular flexibility index (Phi) is 3.97. The number of rotatable bonds is 4. The lowest BCUT2D eigenvalue weighted by Gasteiger charge is -2.11. The Morgan fingerprint density at radius 2 is 2.25 bits per heavy atom. The Hall–Kier alpha value is -2.44. The molecule has 7 nitrogen and oxygen atoms in total. The van der Waals surface area contributed by atoms with E-state index in [9.17, 15) is 14.4 Å². The van der Waals surface area contributed by atoms with Crippen LogP contribution < -0.4 is 5.32 Å². The summed E-state index contributed by atoms with van der Waals surface area (Å²) < 4.78 is 4.84. The molecule has 1 atom stereocenters. The van der Waals surface area contributed by atoms with Gasteiger partial charge in [-0.2, -0.15) is 0 Å². The molecule has 2 rings (SSSR count). The number of aromatic nitrogens is 1. The maximum Gasteiger partial charge on any atom is 0.339 e. The van der Waals surface area contributed by atoms with Gasteiger partial charge >= 0.3 is 5.97 Å². The lowest BCUT2D eigenvalue weighted by molar-refractivity contribution is -0.136. The second-order valence-electron chi connectivity index (χ2n) is 4.34. The van der Waals surface area contributed by atoms with E-state index in [1.54, 1.807) is 19.1 Å². The van der Waals surface area contributed by atoms with Crippen molar-refractivity contribution in [3.63, 3.8) is 0 Å². The molecule has 2 amide bonds. The van der Waals surface area contributed by atoms with Crippen molar-refractivity contribution in [2.24, 2.45) is 0 Å². The monoisotopic (exact) mass is 277 g/mol. The van der Waals surface area contributed by atoms with E-state index in [1.807, 2.05) is 0 Å². The summed E-state index contributed by atoms with van der Waals surface area (Å²) in [6, 6.07) is 2.52. The Labute approximate surface area is 115 Å².